The lowest BCUT2D eigenvalue weighted by Crippen LogP contribution is -2.14. The van der Waals surface area contributed by atoms with Gasteiger partial charge in [0.05, 0.1) is 39.1 Å². The molecule has 2 aromatic heterocycles. The Balaban J connectivity index is 1.19. The average molecular weight is 778 g/mol. The summed E-state index contributed by atoms with van der Waals surface area (Å²) in [5.74, 6) is 0. The van der Waals surface area contributed by atoms with Crippen LogP contribution in [-0.4, -0.2) is 9.13 Å². The summed E-state index contributed by atoms with van der Waals surface area (Å²) < 4.78 is 4.88. The molecule has 2 heterocycles. The van der Waals surface area contributed by atoms with Crippen LogP contribution in [0.5, 0.6) is 0 Å². The van der Waals surface area contributed by atoms with Gasteiger partial charge in [-0.1, -0.05) is 176 Å². The molecule has 0 aliphatic rings. The standard InChI is InChI=1S/C58H39N3/c1-3-20-40(21-4-1)45-26-9-14-32-52(45)61(57-37-19-31-50-48-29-12-17-35-55(48)60(58(50)57)42-23-5-2-6-24-42)56-36-18-13-30-49(56)51-39-43(38-41-22-7-8-25-44(41)51)59-53-33-15-10-27-46(53)47-28-11-16-34-54(47)59/h1-39H. The molecular formula is C58H39N3. The highest BCUT2D eigenvalue weighted by Crippen LogP contribution is 2.49. The number of nitrogens with zero attached hydrogens (tertiary/aromatic N) is 3. The SMILES string of the molecule is c1ccc(-c2ccccc2N(c2ccccc2-c2cc(-n3c4ccccc4c4ccccc43)cc3ccccc23)c2cccc3c4ccccc4n(-c4ccccc4)c23)cc1. The van der Waals surface area contributed by atoms with Crippen LogP contribution in [0.2, 0.25) is 0 Å². The van der Waals surface area contributed by atoms with Gasteiger partial charge in [0.1, 0.15) is 0 Å². The fourth-order valence-corrected chi connectivity index (χ4v) is 9.69. The molecule has 286 valence electrons. The highest BCUT2D eigenvalue weighted by atomic mass is 15.2. The Kier molecular flexibility index (Phi) is 8.17. The van der Waals surface area contributed by atoms with E-state index in [-0.39, 0.29) is 0 Å². The second-order valence-electron chi connectivity index (χ2n) is 15.7. The molecule has 0 saturated carbocycles. The number of aromatic nitrogens is 2. The largest absolute Gasteiger partial charge is 0.309 e. The Bertz CT molecular complexity index is 3540. The zero-order chi connectivity index (χ0) is 40.3. The van der Waals surface area contributed by atoms with E-state index in [1.165, 1.54) is 54.4 Å². The summed E-state index contributed by atoms with van der Waals surface area (Å²) in [5, 5.41) is 7.31. The van der Waals surface area contributed by atoms with E-state index in [9.17, 15) is 0 Å². The van der Waals surface area contributed by atoms with Crippen molar-refractivity contribution >= 4 is 71.4 Å². The number of para-hydroxylation sites is 7. The summed E-state index contributed by atoms with van der Waals surface area (Å²) in [6.07, 6.45) is 0. The Morgan fingerprint density at radius 1 is 0.279 bits per heavy atom. The zero-order valence-electron chi connectivity index (χ0n) is 33.4. The molecule has 0 atom stereocenters. The van der Waals surface area contributed by atoms with Crippen molar-refractivity contribution in [1.82, 2.24) is 9.13 Å². The maximum absolute atomic E-state index is 2.51. The zero-order valence-corrected chi connectivity index (χ0v) is 33.4. The van der Waals surface area contributed by atoms with E-state index >= 15 is 0 Å². The molecule has 3 nitrogen and oxygen atoms in total. The third kappa shape index (κ3) is 5.59. The van der Waals surface area contributed by atoms with Gasteiger partial charge in [0.25, 0.3) is 0 Å². The van der Waals surface area contributed by atoms with Crippen LogP contribution in [0.1, 0.15) is 0 Å². The van der Waals surface area contributed by atoms with E-state index < -0.39 is 0 Å². The first kappa shape index (κ1) is 34.9. The van der Waals surface area contributed by atoms with Crippen LogP contribution in [0.25, 0.3) is 88.0 Å². The first-order valence-corrected chi connectivity index (χ1v) is 20.9. The summed E-state index contributed by atoms with van der Waals surface area (Å²) in [5.41, 5.74) is 14.9. The third-order valence-corrected chi connectivity index (χ3v) is 12.3. The topological polar surface area (TPSA) is 13.1 Å². The molecule has 0 bridgehead atoms. The van der Waals surface area contributed by atoms with Gasteiger partial charge in [-0.15, -0.1) is 0 Å². The van der Waals surface area contributed by atoms with Crippen LogP contribution in [0.3, 0.4) is 0 Å². The van der Waals surface area contributed by atoms with Gasteiger partial charge in [0.2, 0.25) is 0 Å². The van der Waals surface area contributed by atoms with E-state index in [4.69, 9.17) is 0 Å². The van der Waals surface area contributed by atoms with Crippen LogP contribution < -0.4 is 4.90 Å². The number of fused-ring (bicyclic) bond motifs is 7. The predicted molar refractivity (Wildman–Crippen MR) is 258 cm³/mol. The van der Waals surface area contributed by atoms with Crippen LogP contribution in [0.4, 0.5) is 17.1 Å². The second-order valence-corrected chi connectivity index (χ2v) is 15.7. The first-order valence-electron chi connectivity index (χ1n) is 20.9. The molecule has 0 radical (unpaired) electrons. The maximum atomic E-state index is 2.51. The van der Waals surface area contributed by atoms with E-state index in [0.717, 1.165) is 50.6 Å². The summed E-state index contributed by atoms with van der Waals surface area (Å²) in [6, 6.07) is 86.1. The molecule has 61 heavy (non-hydrogen) atoms. The lowest BCUT2D eigenvalue weighted by atomic mass is 9.94. The third-order valence-electron chi connectivity index (χ3n) is 12.3. The number of anilines is 3. The van der Waals surface area contributed by atoms with Crippen molar-refractivity contribution in [2.75, 3.05) is 4.90 Å². The minimum absolute atomic E-state index is 1.09. The lowest BCUT2D eigenvalue weighted by Gasteiger charge is -2.31. The molecule has 0 amide bonds. The van der Waals surface area contributed by atoms with Gasteiger partial charge >= 0.3 is 0 Å². The lowest BCUT2D eigenvalue weighted by molar-refractivity contribution is 1.17. The fourth-order valence-electron chi connectivity index (χ4n) is 9.69. The average Bonchev–Trinajstić information content (AvgIpc) is 3.86. The molecular weight excluding hydrogens is 739 g/mol. The quantitative estimate of drug-likeness (QED) is 0.157. The molecule has 0 fully saturated rings. The number of benzene rings is 10. The fraction of sp³-hybridized carbons (Fsp3) is 0. The Labute approximate surface area is 354 Å². The predicted octanol–water partition coefficient (Wildman–Crippen LogP) is 15.8. The van der Waals surface area contributed by atoms with Gasteiger partial charge in [-0.3, -0.25) is 0 Å². The molecule has 3 heteroatoms. The van der Waals surface area contributed by atoms with Gasteiger partial charge in [-0.2, -0.15) is 0 Å². The Hall–Kier alpha value is -8.14. The molecule has 0 unspecified atom stereocenters. The molecule has 12 rings (SSSR count). The monoisotopic (exact) mass is 777 g/mol. The summed E-state index contributed by atoms with van der Waals surface area (Å²) in [4.78, 5) is 2.51. The van der Waals surface area contributed by atoms with Crippen molar-refractivity contribution in [3.05, 3.63) is 237 Å². The minimum atomic E-state index is 1.09. The molecule has 0 N–H and O–H groups in total. The number of hydrogen-bond acceptors (Lipinski definition) is 1. The van der Waals surface area contributed by atoms with Crippen LogP contribution >= 0.6 is 0 Å². The second kappa shape index (κ2) is 14.3. The molecule has 10 aromatic carbocycles. The van der Waals surface area contributed by atoms with Crippen molar-refractivity contribution in [3.63, 3.8) is 0 Å². The van der Waals surface area contributed by atoms with Crippen LogP contribution in [0, 0.1) is 0 Å². The van der Waals surface area contributed by atoms with Gasteiger partial charge in [0.15, 0.2) is 0 Å². The normalized spacial score (nSPS) is 11.6. The van der Waals surface area contributed by atoms with Crippen LogP contribution in [-0.2, 0) is 0 Å². The van der Waals surface area contributed by atoms with Crippen LogP contribution in [0.15, 0.2) is 237 Å². The van der Waals surface area contributed by atoms with Crippen molar-refractivity contribution in [1.29, 1.82) is 0 Å². The molecule has 0 aliphatic carbocycles. The first-order chi connectivity index (χ1) is 30.3. The minimum Gasteiger partial charge on any atom is -0.309 e. The Morgan fingerprint density at radius 3 is 1.44 bits per heavy atom. The van der Waals surface area contributed by atoms with Crippen molar-refractivity contribution in [3.8, 4) is 33.6 Å². The highest BCUT2D eigenvalue weighted by molar-refractivity contribution is 6.16. The number of rotatable bonds is 7. The smallest absolute Gasteiger partial charge is 0.0782 e. The molecule has 0 spiro atoms. The van der Waals surface area contributed by atoms with Crippen molar-refractivity contribution in [2.45, 2.75) is 0 Å². The van der Waals surface area contributed by atoms with Gasteiger partial charge in [-0.25, -0.2) is 0 Å². The molecule has 0 saturated heterocycles. The van der Waals surface area contributed by atoms with E-state index in [1.54, 1.807) is 0 Å². The van der Waals surface area contributed by atoms with Gasteiger partial charge in [-0.05, 0) is 82.6 Å². The molecule has 0 aliphatic heterocycles. The van der Waals surface area contributed by atoms with Gasteiger partial charge < -0.3 is 14.0 Å². The molecule has 12 aromatic rings. The van der Waals surface area contributed by atoms with E-state index in [2.05, 4.69) is 251 Å². The van der Waals surface area contributed by atoms with Crippen molar-refractivity contribution < 1.29 is 0 Å². The summed E-state index contributed by atoms with van der Waals surface area (Å²) in [7, 11) is 0. The van der Waals surface area contributed by atoms with E-state index in [0.29, 0.717) is 0 Å². The summed E-state index contributed by atoms with van der Waals surface area (Å²) in [6.45, 7) is 0. The number of hydrogen-bond donors (Lipinski definition) is 0. The van der Waals surface area contributed by atoms with Gasteiger partial charge in [0, 0.05) is 44.0 Å². The highest BCUT2D eigenvalue weighted by Gasteiger charge is 2.26. The summed E-state index contributed by atoms with van der Waals surface area (Å²) >= 11 is 0. The van der Waals surface area contributed by atoms with E-state index in [1.807, 2.05) is 0 Å². The van der Waals surface area contributed by atoms with Crippen molar-refractivity contribution in [2.24, 2.45) is 0 Å². The maximum Gasteiger partial charge on any atom is 0.0782 e. The Morgan fingerprint density at radius 2 is 0.754 bits per heavy atom.